The SMILES string of the molecule is COCCNS(=O)(=O)c1cccc(OC[C@@H](O)CN[C@H]2COC3(CCN(S(=O)(=O)c4cnc5c(c4)N(C)CCO5)CC3)C2)c1. The van der Waals surface area contributed by atoms with Gasteiger partial charge >= 0.3 is 0 Å². The number of anilines is 1. The summed E-state index contributed by atoms with van der Waals surface area (Å²) in [6.45, 7) is 2.94. The Morgan fingerprint density at radius 1 is 1.16 bits per heavy atom. The van der Waals surface area contributed by atoms with Gasteiger partial charge in [0.15, 0.2) is 0 Å². The Labute approximate surface area is 258 Å². The van der Waals surface area contributed by atoms with E-state index in [1.165, 1.54) is 29.7 Å². The molecule has 0 bridgehead atoms. The first-order valence-corrected chi connectivity index (χ1v) is 17.5. The van der Waals surface area contributed by atoms with Crippen molar-refractivity contribution in [2.75, 3.05) is 78.2 Å². The molecule has 0 saturated carbocycles. The van der Waals surface area contributed by atoms with E-state index >= 15 is 0 Å². The normalized spacial score (nSPS) is 21.2. The largest absolute Gasteiger partial charge is 0.491 e. The number of piperidine rings is 1. The zero-order valence-corrected chi connectivity index (χ0v) is 26.6. The Balaban J connectivity index is 1.07. The molecule has 3 N–H and O–H groups in total. The highest BCUT2D eigenvalue weighted by molar-refractivity contribution is 7.89. The molecule has 5 rings (SSSR count). The summed E-state index contributed by atoms with van der Waals surface area (Å²) in [6.07, 6.45) is 2.35. The molecular weight excluding hydrogens is 614 g/mol. The van der Waals surface area contributed by atoms with Crippen molar-refractivity contribution in [3.8, 4) is 11.6 Å². The first-order chi connectivity index (χ1) is 21.0. The number of ether oxygens (including phenoxy) is 4. The second-order valence-electron chi connectivity index (χ2n) is 11.3. The summed E-state index contributed by atoms with van der Waals surface area (Å²) >= 11 is 0. The van der Waals surface area contributed by atoms with Crippen LogP contribution in [0.2, 0.25) is 0 Å². The van der Waals surface area contributed by atoms with Crippen molar-refractivity contribution in [2.24, 2.45) is 0 Å². The molecular formula is C28H41N5O9S2. The van der Waals surface area contributed by atoms with Crippen LogP contribution in [0, 0.1) is 0 Å². The minimum Gasteiger partial charge on any atom is -0.491 e. The van der Waals surface area contributed by atoms with Gasteiger partial charge in [0, 0.05) is 52.4 Å². The number of pyridine rings is 1. The molecule has 2 aromatic rings. The highest BCUT2D eigenvalue weighted by atomic mass is 32.2. The number of likely N-dealkylation sites (N-methyl/N-ethyl adjacent to an activating group) is 1. The number of fused-ring (bicyclic) bond motifs is 1. The number of hydrogen-bond acceptors (Lipinski definition) is 12. The first kappa shape index (κ1) is 32.8. The van der Waals surface area contributed by atoms with Gasteiger partial charge in [0.1, 0.15) is 35.7 Å². The number of aromatic nitrogens is 1. The van der Waals surface area contributed by atoms with E-state index in [1.807, 2.05) is 11.9 Å². The summed E-state index contributed by atoms with van der Waals surface area (Å²) < 4.78 is 77.9. The number of sulfonamides is 2. The highest BCUT2D eigenvalue weighted by Gasteiger charge is 2.45. The number of aliphatic hydroxyl groups excluding tert-OH is 1. The van der Waals surface area contributed by atoms with E-state index in [1.54, 1.807) is 18.2 Å². The van der Waals surface area contributed by atoms with E-state index in [4.69, 9.17) is 18.9 Å². The molecule has 1 aromatic carbocycles. The number of methoxy groups -OCH3 is 1. The van der Waals surface area contributed by atoms with Gasteiger partial charge in [0.25, 0.3) is 0 Å². The van der Waals surface area contributed by atoms with E-state index in [-0.39, 0.29) is 42.1 Å². The van der Waals surface area contributed by atoms with Crippen LogP contribution in [0.3, 0.4) is 0 Å². The second-order valence-corrected chi connectivity index (χ2v) is 15.0. The third-order valence-electron chi connectivity index (χ3n) is 8.16. The van der Waals surface area contributed by atoms with Crippen LogP contribution >= 0.6 is 0 Å². The van der Waals surface area contributed by atoms with Crippen LogP contribution in [0.15, 0.2) is 46.3 Å². The maximum atomic E-state index is 13.4. The lowest BCUT2D eigenvalue weighted by Gasteiger charge is -2.38. The Bertz CT molecular complexity index is 1500. The Hall–Kier alpha value is -2.57. The summed E-state index contributed by atoms with van der Waals surface area (Å²) in [4.78, 5) is 6.39. The van der Waals surface area contributed by atoms with Gasteiger partial charge in [-0.25, -0.2) is 26.5 Å². The predicted molar refractivity (Wildman–Crippen MR) is 161 cm³/mol. The van der Waals surface area contributed by atoms with E-state index in [0.29, 0.717) is 69.4 Å². The summed E-state index contributed by atoms with van der Waals surface area (Å²) in [5, 5.41) is 13.8. The first-order valence-electron chi connectivity index (χ1n) is 14.6. The molecule has 1 aromatic heterocycles. The average molecular weight is 656 g/mol. The van der Waals surface area contributed by atoms with Crippen LogP contribution in [-0.2, 0) is 29.5 Å². The van der Waals surface area contributed by atoms with Crippen LogP contribution in [0.1, 0.15) is 19.3 Å². The van der Waals surface area contributed by atoms with Gasteiger partial charge in [-0.1, -0.05) is 6.07 Å². The third kappa shape index (κ3) is 7.62. The third-order valence-corrected chi connectivity index (χ3v) is 11.5. The molecule has 44 heavy (non-hydrogen) atoms. The van der Waals surface area contributed by atoms with Crippen molar-refractivity contribution in [1.82, 2.24) is 19.3 Å². The van der Waals surface area contributed by atoms with Crippen molar-refractivity contribution < 1.29 is 40.9 Å². The van der Waals surface area contributed by atoms with Crippen LogP contribution in [0.5, 0.6) is 11.6 Å². The molecule has 1 spiro atoms. The molecule has 14 nitrogen and oxygen atoms in total. The Kier molecular flexibility index (Phi) is 10.3. The van der Waals surface area contributed by atoms with Gasteiger partial charge in [-0.2, -0.15) is 4.31 Å². The van der Waals surface area contributed by atoms with Gasteiger partial charge in [0.05, 0.1) is 36.5 Å². The van der Waals surface area contributed by atoms with Crippen molar-refractivity contribution in [2.45, 2.75) is 46.8 Å². The van der Waals surface area contributed by atoms with Crippen molar-refractivity contribution in [1.29, 1.82) is 0 Å². The molecule has 2 fully saturated rings. The quantitative estimate of drug-likeness (QED) is 0.251. The Morgan fingerprint density at radius 2 is 1.95 bits per heavy atom. The lowest BCUT2D eigenvalue weighted by Crippen LogP contribution is -2.47. The Morgan fingerprint density at radius 3 is 2.73 bits per heavy atom. The monoisotopic (exact) mass is 655 g/mol. The van der Waals surface area contributed by atoms with Crippen LogP contribution in [0.25, 0.3) is 0 Å². The van der Waals surface area contributed by atoms with E-state index in [2.05, 4.69) is 15.0 Å². The summed E-state index contributed by atoms with van der Waals surface area (Å²) in [5.41, 5.74) is 0.246. The number of nitrogens with one attached hydrogen (secondary N) is 2. The van der Waals surface area contributed by atoms with E-state index in [0.717, 1.165) is 0 Å². The lowest BCUT2D eigenvalue weighted by atomic mass is 9.88. The number of hydrogen-bond donors (Lipinski definition) is 3. The topological polar surface area (TPSA) is 169 Å². The van der Waals surface area contributed by atoms with Gasteiger partial charge in [-0.3, -0.25) is 0 Å². The second kappa shape index (κ2) is 13.8. The molecule has 2 atom stereocenters. The van der Waals surface area contributed by atoms with Crippen molar-refractivity contribution in [3.05, 3.63) is 36.5 Å². The highest BCUT2D eigenvalue weighted by Crippen LogP contribution is 2.38. The number of aliphatic hydroxyl groups is 1. The van der Waals surface area contributed by atoms with Crippen LogP contribution < -0.4 is 24.4 Å². The average Bonchev–Trinajstić information content (AvgIpc) is 3.41. The zero-order valence-electron chi connectivity index (χ0n) is 25.0. The molecule has 2 saturated heterocycles. The zero-order chi connectivity index (χ0) is 31.4. The molecule has 3 aliphatic rings. The molecule has 0 unspecified atom stereocenters. The maximum absolute atomic E-state index is 13.4. The smallest absolute Gasteiger partial charge is 0.244 e. The maximum Gasteiger partial charge on any atom is 0.244 e. The molecule has 4 heterocycles. The summed E-state index contributed by atoms with van der Waals surface area (Å²) in [5.74, 6) is 0.770. The molecule has 0 amide bonds. The summed E-state index contributed by atoms with van der Waals surface area (Å²) in [6, 6.07) is 7.71. The fourth-order valence-electron chi connectivity index (χ4n) is 5.60. The summed E-state index contributed by atoms with van der Waals surface area (Å²) in [7, 11) is -4.05. The van der Waals surface area contributed by atoms with E-state index in [9.17, 15) is 21.9 Å². The van der Waals surface area contributed by atoms with Gasteiger partial charge in [-0.05, 0) is 37.5 Å². The van der Waals surface area contributed by atoms with Crippen molar-refractivity contribution >= 4 is 25.7 Å². The molecule has 3 aliphatic heterocycles. The minimum absolute atomic E-state index is 0.000152. The van der Waals surface area contributed by atoms with E-state index < -0.39 is 31.8 Å². The minimum atomic E-state index is -3.72. The molecule has 16 heteroatoms. The fourth-order valence-corrected chi connectivity index (χ4v) is 8.06. The number of rotatable bonds is 13. The molecule has 0 aliphatic carbocycles. The van der Waals surface area contributed by atoms with Crippen LogP contribution in [0.4, 0.5) is 5.69 Å². The van der Waals surface area contributed by atoms with Gasteiger partial charge in [-0.15, -0.1) is 0 Å². The van der Waals surface area contributed by atoms with Crippen LogP contribution in [-0.4, -0.2) is 122 Å². The molecule has 244 valence electrons. The number of nitrogens with zero attached hydrogens (tertiary/aromatic N) is 3. The predicted octanol–water partition coefficient (Wildman–Crippen LogP) is 0.177. The molecule has 0 radical (unpaired) electrons. The lowest BCUT2D eigenvalue weighted by molar-refractivity contribution is -0.0312. The van der Waals surface area contributed by atoms with Gasteiger partial charge in [0.2, 0.25) is 25.9 Å². The fraction of sp³-hybridized carbons (Fsp3) is 0.607. The standard InChI is InChI=1S/C28H41N5O9S2/c1-32-11-13-40-27-26(32)15-25(18-30-27)44(37,38)33-9-6-28(7-10-33)16-21(19-42-28)29-17-22(34)20-41-23-4-3-5-24(14-23)43(35,36)31-8-12-39-2/h3-5,14-15,18,21-22,29,31,34H,6-13,16-17,19-20H2,1-2H3/t21-,22+/m1/s1. The van der Waals surface area contributed by atoms with Crippen molar-refractivity contribution in [3.63, 3.8) is 0 Å². The number of benzene rings is 1. The van der Waals surface area contributed by atoms with Gasteiger partial charge < -0.3 is 34.3 Å².